The van der Waals surface area contributed by atoms with Crippen molar-refractivity contribution in [3.63, 3.8) is 0 Å². The lowest BCUT2D eigenvalue weighted by Crippen LogP contribution is -2.21. The molecule has 0 aliphatic heterocycles. The van der Waals surface area contributed by atoms with E-state index in [1.807, 2.05) is 26.2 Å². The van der Waals surface area contributed by atoms with Crippen molar-refractivity contribution in [2.45, 2.75) is 0 Å². The molecule has 1 N–H and O–H groups in total. The predicted octanol–water partition coefficient (Wildman–Crippen LogP) is 3.32. The van der Waals surface area contributed by atoms with Crippen LogP contribution in [-0.2, 0) is 0 Å². The van der Waals surface area contributed by atoms with Crippen molar-refractivity contribution in [2.24, 2.45) is 0 Å². The summed E-state index contributed by atoms with van der Waals surface area (Å²) >= 11 is 0. The van der Waals surface area contributed by atoms with Gasteiger partial charge in [-0.1, -0.05) is 12.1 Å². The third kappa shape index (κ3) is 4.36. The van der Waals surface area contributed by atoms with Crippen molar-refractivity contribution in [1.29, 1.82) is 0 Å². The van der Waals surface area contributed by atoms with Gasteiger partial charge >= 0.3 is 0 Å². The van der Waals surface area contributed by atoms with E-state index >= 15 is 0 Å². The van der Waals surface area contributed by atoms with Gasteiger partial charge in [0.1, 0.15) is 11.6 Å². The van der Waals surface area contributed by atoms with Gasteiger partial charge < -0.3 is 10.2 Å². The molecule has 5 nitrogen and oxygen atoms in total. The van der Waals surface area contributed by atoms with Gasteiger partial charge in [-0.2, -0.15) is 0 Å². The highest BCUT2D eigenvalue weighted by molar-refractivity contribution is 5.67. The molecule has 0 radical (unpaired) electrons. The molecule has 0 saturated heterocycles. The summed E-state index contributed by atoms with van der Waals surface area (Å²) in [6.45, 7) is 1.59. The van der Waals surface area contributed by atoms with Gasteiger partial charge in [-0.05, 0) is 38.4 Å². The van der Waals surface area contributed by atoms with Crippen LogP contribution in [0.3, 0.4) is 0 Å². The molecule has 1 aromatic carbocycles. The number of likely N-dealkylation sites (N-methyl/N-ethyl adjacent to an activating group) is 1. The maximum atomic E-state index is 14.2. The smallest absolute Gasteiger partial charge is 0.163 e. The summed E-state index contributed by atoms with van der Waals surface area (Å²) in [6, 6.07) is 12.1. The van der Waals surface area contributed by atoms with Gasteiger partial charge in [0.15, 0.2) is 5.82 Å². The van der Waals surface area contributed by atoms with Crippen LogP contribution in [0.25, 0.3) is 22.6 Å². The molecule has 2 aromatic heterocycles. The third-order valence-corrected chi connectivity index (χ3v) is 3.66. The van der Waals surface area contributed by atoms with E-state index in [4.69, 9.17) is 0 Å². The fraction of sp³-hybridized carbons (Fsp3) is 0.211. The van der Waals surface area contributed by atoms with Gasteiger partial charge in [0.05, 0.1) is 5.69 Å². The Bertz CT molecular complexity index is 836. The third-order valence-electron chi connectivity index (χ3n) is 3.66. The van der Waals surface area contributed by atoms with Crippen molar-refractivity contribution < 1.29 is 4.39 Å². The summed E-state index contributed by atoms with van der Waals surface area (Å²) in [7, 11) is 4.01. The zero-order chi connectivity index (χ0) is 17.6. The van der Waals surface area contributed by atoms with E-state index in [9.17, 15) is 4.39 Å². The maximum Gasteiger partial charge on any atom is 0.163 e. The van der Waals surface area contributed by atoms with Gasteiger partial charge in [-0.3, -0.25) is 4.98 Å². The normalized spacial score (nSPS) is 10.9. The SMILES string of the molecule is CN(C)CCNc1cc(-c2ccccc2F)nc(-c2cccnc2)n1. The summed E-state index contributed by atoms with van der Waals surface area (Å²) in [4.78, 5) is 15.3. The Labute approximate surface area is 146 Å². The first-order chi connectivity index (χ1) is 12.1. The Morgan fingerprint density at radius 1 is 1.08 bits per heavy atom. The molecule has 0 unspecified atom stereocenters. The Kier molecular flexibility index (Phi) is 5.30. The van der Waals surface area contributed by atoms with E-state index in [1.165, 1.54) is 6.07 Å². The molecule has 0 bridgehead atoms. The molecule has 0 aliphatic carbocycles. The topological polar surface area (TPSA) is 53.9 Å². The minimum atomic E-state index is -0.308. The van der Waals surface area contributed by atoms with Crippen molar-refractivity contribution in [2.75, 3.05) is 32.5 Å². The molecule has 0 spiro atoms. The molecule has 3 rings (SSSR count). The molecule has 2 heterocycles. The van der Waals surface area contributed by atoms with Crippen LogP contribution in [0.5, 0.6) is 0 Å². The number of benzene rings is 1. The highest BCUT2D eigenvalue weighted by Crippen LogP contribution is 2.25. The van der Waals surface area contributed by atoms with E-state index in [2.05, 4.69) is 25.2 Å². The summed E-state index contributed by atoms with van der Waals surface area (Å²) in [6.07, 6.45) is 3.39. The molecule has 25 heavy (non-hydrogen) atoms. The molecular weight excluding hydrogens is 317 g/mol. The number of nitrogens with zero attached hydrogens (tertiary/aromatic N) is 4. The zero-order valence-electron chi connectivity index (χ0n) is 14.3. The molecule has 0 atom stereocenters. The van der Waals surface area contributed by atoms with Crippen LogP contribution < -0.4 is 5.32 Å². The summed E-state index contributed by atoms with van der Waals surface area (Å²) < 4.78 is 14.2. The highest BCUT2D eigenvalue weighted by atomic mass is 19.1. The van der Waals surface area contributed by atoms with Crippen molar-refractivity contribution in [1.82, 2.24) is 19.9 Å². The standard InChI is InChI=1S/C19H20FN5/c1-25(2)11-10-22-18-12-17(15-7-3-4-8-16(15)20)23-19(24-18)14-6-5-9-21-13-14/h3-9,12-13H,10-11H2,1-2H3,(H,22,23,24). The van der Waals surface area contributed by atoms with Gasteiger partial charge in [0.2, 0.25) is 0 Å². The first-order valence-electron chi connectivity index (χ1n) is 8.06. The number of pyridine rings is 1. The number of hydrogen-bond acceptors (Lipinski definition) is 5. The van der Waals surface area contributed by atoms with E-state index in [0.29, 0.717) is 22.9 Å². The van der Waals surface area contributed by atoms with Crippen LogP contribution in [0, 0.1) is 5.82 Å². The first-order valence-corrected chi connectivity index (χ1v) is 8.06. The maximum absolute atomic E-state index is 14.2. The number of rotatable bonds is 6. The lowest BCUT2D eigenvalue weighted by Gasteiger charge is -2.13. The van der Waals surface area contributed by atoms with Crippen molar-refractivity contribution >= 4 is 5.82 Å². The summed E-state index contributed by atoms with van der Waals surface area (Å²) in [5.41, 5.74) is 1.78. The highest BCUT2D eigenvalue weighted by Gasteiger charge is 2.11. The zero-order valence-corrected chi connectivity index (χ0v) is 14.3. The van der Waals surface area contributed by atoms with Crippen LogP contribution in [0.4, 0.5) is 10.2 Å². The van der Waals surface area contributed by atoms with Crippen LogP contribution in [0.15, 0.2) is 54.9 Å². The average Bonchev–Trinajstić information content (AvgIpc) is 2.62. The molecule has 6 heteroatoms. The van der Waals surface area contributed by atoms with E-state index in [0.717, 1.165) is 18.7 Å². The fourth-order valence-corrected chi connectivity index (χ4v) is 2.38. The van der Waals surface area contributed by atoms with Crippen LogP contribution >= 0.6 is 0 Å². The Balaban J connectivity index is 2.01. The minimum Gasteiger partial charge on any atom is -0.369 e. The monoisotopic (exact) mass is 337 g/mol. The van der Waals surface area contributed by atoms with Crippen molar-refractivity contribution in [3.05, 3.63) is 60.7 Å². The summed E-state index contributed by atoms with van der Waals surface area (Å²) in [5.74, 6) is 0.868. The Morgan fingerprint density at radius 3 is 2.64 bits per heavy atom. The quantitative estimate of drug-likeness (QED) is 0.748. The largest absolute Gasteiger partial charge is 0.369 e. The summed E-state index contributed by atoms with van der Waals surface area (Å²) in [5, 5.41) is 3.28. The molecule has 3 aromatic rings. The number of aromatic nitrogens is 3. The number of halogens is 1. The van der Waals surface area contributed by atoms with Gasteiger partial charge in [0, 0.05) is 42.7 Å². The van der Waals surface area contributed by atoms with Crippen molar-refractivity contribution in [3.8, 4) is 22.6 Å². The molecular formula is C19H20FN5. The molecule has 128 valence electrons. The van der Waals surface area contributed by atoms with Crippen LogP contribution in [-0.4, -0.2) is 47.0 Å². The predicted molar refractivity (Wildman–Crippen MR) is 97.7 cm³/mol. The minimum absolute atomic E-state index is 0.308. The van der Waals surface area contributed by atoms with E-state index < -0.39 is 0 Å². The van der Waals surface area contributed by atoms with Gasteiger partial charge in [-0.25, -0.2) is 14.4 Å². The van der Waals surface area contributed by atoms with E-state index in [-0.39, 0.29) is 5.82 Å². The first kappa shape index (κ1) is 17.0. The number of nitrogens with one attached hydrogen (secondary N) is 1. The second-order valence-corrected chi connectivity index (χ2v) is 5.91. The second kappa shape index (κ2) is 7.81. The number of hydrogen-bond donors (Lipinski definition) is 1. The molecule has 0 saturated carbocycles. The van der Waals surface area contributed by atoms with E-state index in [1.54, 1.807) is 36.7 Å². The second-order valence-electron chi connectivity index (χ2n) is 5.91. The number of anilines is 1. The Morgan fingerprint density at radius 2 is 1.92 bits per heavy atom. The molecule has 0 fully saturated rings. The van der Waals surface area contributed by atoms with Gasteiger partial charge in [-0.15, -0.1) is 0 Å². The molecule has 0 amide bonds. The van der Waals surface area contributed by atoms with Crippen LogP contribution in [0.2, 0.25) is 0 Å². The van der Waals surface area contributed by atoms with Gasteiger partial charge in [0.25, 0.3) is 0 Å². The average molecular weight is 337 g/mol. The lowest BCUT2D eigenvalue weighted by molar-refractivity contribution is 0.425. The molecule has 0 aliphatic rings. The lowest BCUT2D eigenvalue weighted by atomic mass is 10.1. The fourth-order valence-electron chi connectivity index (χ4n) is 2.38. The Hall–Kier alpha value is -2.86. The van der Waals surface area contributed by atoms with Crippen LogP contribution in [0.1, 0.15) is 0 Å².